The van der Waals surface area contributed by atoms with Crippen molar-refractivity contribution in [3.05, 3.63) is 89.1 Å². The minimum atomic E-state index is -0.226. The number of nitrogens with one attached hydrogen (secondary N) is 2. The van der Waals surface area contributed by atoms with Gasteiger partial charge in [0.15, 0.2) is 0 Å². The van der Waals surface area contributed by atoms with Crippen molar-refractivity contribution < 1.29 is 4.79 Å². The Morgan fingerprint density at radius 1 is 1.03 bits per heavy atom. The Hall–Kier alpha value is -3.44. The number of nitrogens with two attached hydrogens (primary N) is 1. The van der Waals surface area contributed by atoms with Crippen LogP contribution in [-0.4, -0.2) is 22.6 Å². The van der Waals surface area contributed by atoms with Crippen LogP contribution >= 0.6 is 0 Å². The van der Waals surface area contributed by atoms with Gasteiger partial charge < -0.3 is 11.1 Å². The van der Waals surface area contributed by atoms with Gasteiger partial charge in [0.1, 0.15) is 0 Å². The lowest BCUT2D eigenvalue weighted by Gasteiger charge is -2.18. The van der Waals surface area contributed by atoms with Crippen molar-refractivity contribution in [3.8, 4) is 11.1 Å². The monoisotopic (exact) mass is 384 g/mol. The van der Waals surface area contributed by atoms with Crippen molar-refractivity contribution >= 4 is 16.8 Å². The third-order valence-electron chi connectivity index (χ3n) is 5.20. The topological polar surface area (TPSA) is 83.8 Å². The Labute approximate surface area is 170 Å². The van der Waals surface area contributed by atoms with Gasteiger partial charge in [0.25, 0.3) is 5.91 Å². The molecule has 0 radical (unpaired) electrons. The van der Waals surface area contributed by atoms with Crippen LogP contribution in [0.1, 0.15) is 33.2 Å². The zero-order valence-electron chi connectivity index (χ0n) is 16.6. The van der Waals surface area contributed by atoms with Gasteiger partial charge in [-0.3, -0.25) is 9.89 Å². The van der Waals surface area contributed by atoms with Gasteiger partial charge in [-0.25, -0.2) is 0 Å². The van der Waals surface area contributed by atoms with Gasteiger partial charge in [-0.1, -0.05) is 48.0 Å². The van der Waals surface area contributed by atoms with Crippen LogP contribution in [0.3, 0.4) is 0 Å². The zero-order chi connectivity index (χ0) is 20.4. The van der Waals surface area contributed by atoms with Gasteiger partial charge in [0.05, 0.1) is 17.3 Å². The van der Waals surface area contributed by atoms with E-state index in [-0.39, 0.29) is 11.9 Å². The molecule has 1 atom stereocenters. The Morgan fingerprint density at radius 3 is 2.62 bits per heavy atom. The third kappa shape index (κ3) is 3.91. The summed E-state index contributed by atoms with van der Waals surface area (Å²) >= 11 is 0. The molecule has 0 aliphatic heterocycles. The summed E-state index contributed by atoms with van der Waals surface area (Å²) in [4.78, 5) is 12.9. The molecular formula is C24H24N4O. The molecule has 1 unspecified atom stereocenters. The Bertz CT molecular complexity index is 1180. The molecule has 5 nitrogen and oxygen atoms in total. The van der Waals surface area contributed by atoms with Crippen LogP contribution < -0.4 is 11.1 Å². The van der Waals surface area contributed by atoms with Crippen molar-refractivity contribution in [2.45, 2.75) is 19.9 Å². The molecule has 4 aromatic rings. The Kier molecular flexibility index (Phi) is 5.14. The minimum Gasteiger partial charge on any atom is -0.344 e. The van der Waals surface area contributed by atoms with E-state index in [9.17, 15) is 4.79 Å². The van der Waals surface area contributed by atoms with Gasteiger partial charge in [-0.2, -0.15) is 5.10 Å². The second-order valence-corrected chi connectivity index (χ2v) is 7.33. The number of amides is 1. The van der Waals surface area contributed by atoms with Crippen molar-refractivity contribution in [1.82, 2.24) is 15.5 Å². The fraction of sp³-hybridized carbons (Fsp3) is 0.167. The van der Waals surface area contributed by atoms with E-state index >= 15 is 0 Å². The molecule has 0 fully saturated rings. The van der Waals surface area contributed by atoms with Crippen LogP contribution in [0.15, 0.2) is 66.7 Å². The number of nitrogens with zero attached hydrogens (tertiary/aromatic N) is 1. The third-order valence-corrected chi connectivity index (χ3v) is 5.20. The van der Waals surface area contributed by atoms with E-state index in [2.05, 4.69) is 27.6 Å². The first-order chi connectivity index (χ1) is 14.0. The van der Waals surface area contributed by atoms with E-state index in [1.165, 1.54) is 0 Å². The molecule has 146 valence electrons. The van der Waals surface area contributed by atoms with Crippen molar-refractivity contribution in [2.24, 2.45) is 5.73 Å². The van der Waals surface area contributed by atoms with E-state index < -0.39 is 0 Å². The lowest BCUT2D eigenvalue weighted by molar-refractivity contribution is 0.0938. The number of rotatable bonds is 5. The standard InChI is InChI=1S/C24H24N4O/c1-15-5-3-7-19(11-15)23(14-25)26-24(29)20-8-4-6-17(12-20)18-9-10-22-21(13-18)16(2)27-28-22/h3-13,23H,14,25H2,1-2H3,(H,26,29)(H,27,28). The molecule has 1 amide bonds. The highest BCUT2D eigenvalue weighted by Crippen LogP contribution is 2.26. The van der Waals surface area contributed by atoms with Crippen molar-refractivity contribution in [1.29, 1.82) is 0 Å². The lowest BCUT2D eigenvalue weighted by Crippen LogP contribution is -2.33. The minimum absolute atomic E-state index is 0.135. The first-order valence-electron chi connectivity index (χ1n) is 9.68. The molecule has 1 heterocycles. The second kappa shape index (κ2) is 7.89. The molecule has 5 heteroatoms. The molecule has 4 N–H and O–H groups in total. The fourth-order valence-corrected chi connectivity index (χ4v) is 3.57. The molecule has 3 aromatic carbocycles. The van der Waals surface area contributed by atoms with Gasteiger partial charge >= 0.3 is 0 Å². The number of benzene rings is 3. The molecule has 29 heavy (non-hydrogen) atoms. The maximum Gasteiger partial charge on any atom is 0.251 e. The predicted octanol–water partition coefficient (Wildman–Crippen LogP) is 4.28. The summed E-state index contributed by atoms with van der Waals surface area (Å²) in [7, 11) is 0. The van der Waals surface area contributed by atoms with Crippen LogP contribution in [0, 0.1) is 13.8 Å². The molecule has 0 bridgehead atoms. The summed E-state index contributed by atoms with van der Waals surface area (Å²) in [6.45, 7) is 4.34. The van der Waals surface area contributed by atoms with E-state index in [1.54, 1.807) is 0 Å². The number of aromatic nitrogens is 2. The maximum absolute atomic E-state index is 12.9. The summed E-state index contributed by atoms with van der Waals surface area (Å²) in [5.74, 6) is -0.135. The second-order valence-electron chi connectivity index (χ2n) is 7.33. The van der Waals surface area contributed by atoms with Gasteiger partial charge in [0.2, 0.25) is 0 Å². The number of hydrogen-bond acceptors (Lipinski definition) is 3. The highest BCUT2D eigenvalue weighted by Gasteiger charge is 2.15. The number of H-pyrrole nitrogens is 1. The highest BCUT2D eigenvalue weighted by atomic mass is 16.1. The average molecular weight is 384 g/mol. The maximum atomic E-state index is 12.9. The molecule has 1 aromatic heterocycles. The van der Waals surface area contributed by atoms with Crippen LogP contribution in [0.25, 0.3) is 22.0 Å². The predicted molar refractivity (Wildman–Crippen MR) is 117 cm³/mol. The lowest BCUT2D eigenvalue weighted by atomic mass is 10.00. The molecule has 0 aliphatic carbocycles. The highest BCUT2D eigenvalue weighted by molar-refractivity contribution is 5.96. The van der Waals surface area contributed by atoms with E-state index in [0.717, 1.165) is 38.9 Å². The molecular weight excluding hydrogens is 360 g/mol. The Balaban J connectivity index is 1.60. The molecule has 0 aliphatic rings. The van der Waals surface area contributed by atoms with Gasteiger partial charge in [-0.05, 0) is 54.8 Å². The first-order valence-corrected chi connectivity index (χ1v) is 9.68. The zero-order valence-corrected chi connectivity index (χ0v) is 16.6. The van der Waals surface area contributed by atoms with E-state index in [4.69, 9.17) is 5.73 Å². The van der Waals surface area contributed by atoms with E-state index in [1.807, 2.05) is 68.4 Å². The normalized spacial score (nSPS) is 12.1. The van der Waals surface area contributed by atoms with Gasteiger partial charge in [-0.15, -0.1) is 0 Å². The van der Waals surface area contributed by atoms with E-state index in [0.29, 0.717) is 12.1 Å². The van der Waals surface area contributed by atoms with Crippen LogP contribution in [0.2, 0.25) is 0 Å². The van der Waals surface area contributed by atoms with Crippen LogP contribution in [0.4, 0.5) is 0 Å². The summed E-state index contributed by atoms with van der Waals surface area (Å²) in [6, 6.07) is 21.6. The number of carbonyl (C=O) groups is 1. The van der Waals surface area contributed by atoms with Crippen molar-refractivity contribution in [2.75, 3.05) is 6.54 Å². The molecule has 0 spiro atoms. The van der Waals surface area contributed by atoms with Crippen LogP contribution in [0.5, 0.6) is 0 Å². The largest absolute Gasteiger partial charge is 0.344 e. The number of aromatic amines is 1. The SMILES string of the molecule is Cc1cccc(C(CN)NC(=O)c2cccc(-c3ccc4[nH]nc(C)c4c3)c2)c1. The van der Waals surface area contributed by atoms with Gasteiger partial charge in [0, 0.05) is 17.5 Å². The number of carbonyl (C=O) groups excluding carboxylic acids is 1. The average Bonchev–Trinajstić information content (AvgIpc) is 3.12. The number of fused-ring (bicyclic) bond motifs is 1. The molecule has 0 saturated carbocycles. The molecule has 0 saturated heterocycles. The molecule has 4 rings (SSSR count). The summed E-state index contributed by atoms with van der Waals surface area (Å²) < 4.78 is 0. The fourth-order valence-electron chi connectivity index (χ4n) is 3.57. The van der Waals surface area contributed by atoms with Crippen LogP contribution in [-0.2, 0) is 0 Å². The first kappa shape index (κ1) is 18.9. The number of hydrogen-bond donors (Lipinski definition) is 3. The smallest absolute Gasteiger partial charge is 0.251 e. The Morgan fingerprint density at radius 2 is 1.83 bits per heavy atom. The summed E-state index contributed by atoms with van der Waals surface area (Å²) in [6.07, 6.45) is 0. The summed E-state index contributed by atoms with van der Waals surface area (Å²) in [5.41, 5.74) is 12.7. The van der Waals surface area contributed by atoms with Crippen molar-refractivity contribution in [3.63, 3.8) is 0 Å². The number of aryl methyl sites for hydroxylation is 2. The summed E-state index contributed by atoms with van der Waals surface area (Å²) in [5, 5.41) is 11.4. The quantitative estimate of drug-likeness (QED) is 0.480.